The van der Waals surface area contributed by atoms with Crippen LogP contribution in [0.25, 0.3) is 10.2 Å². The molecule has 0 radical (unpaired) electrons. The van der Waals surface area contributed by atoms with Gasteiger partial charge in [0.25, 0.3) is 5.91 Å². The van der Waals surface area contributed by atoms with Gasteiger partial charge in [-0.2, -0.15) is 4.99 Å². The second-order valence-corrected chi connectivity index (χ2v) is 10.9. The highest BCUT2D eigenvalue weighted by Gasteiger charge is 2.29. The maximum Gasteiger partial charge on any atom is 0.263 e. The Hall–Kier alpha value is -2.00. The molecule has 1 atom stereocenters. The number of likely N-dealkylation sites (tertiary alicyclic amines) is 1. The molecule has 2 heterocycles. The van der Waals surface area contributed by atoms with Crippen LogP contribution in [0.5, 0.6) is 0 Å². The summed E-state index contributed by atoms with van der Waals surface area (Å²) < 4.78 is 27.9. The van der Waals surface area contributed by atoms with Crippen molar-refractivity contribution in [3.05, 3.63) is 28.6 Å². The Labute approximate surface area is 181 Å². The number of hydrogen-bond acceptors (Lipinski definition) is 5. The highest BCUT2D eigenvalue weighted by atomic mass is 32.2. The van der Waals surface area contributed by atoms with Crippen LogP contribution in [-0.2, 0) is 26.0 Å². The van der Waals surface area contributed by atoms with Gasteiger partial charge < -0.3 is 9.47 Å². The number of carbonyl (C=O) groups is 2. The highest BCUT2D eigenvalue weighted by molar-refractivity contribution is 7.92. The summed E-state index contributed by atoms with van der Waals surface area (Å²) in [5, 5.41) is 0. The topological polar surface area (TPSA) is 88.8 Å². The number of carbonyl (C=O) groups excluding carboxylic acids is 2. The molecule has 7 nitrogen and oxygen atoms in total. The lowest BCUT2D eigenvalue weighted by Crippen LogP contribution is -2.46. The molecule has 0 N–H and O–H groups in total. The van der Waals surface area contributed by atoms with E-state index in [1.807, 2.05) is 43.5 Å². The molecule has 1 aliphatic heterocycles. The molecular weight excluding hydrogens is 422 g/mol. The third kappa shape index (κ3) is 5.18. The molecule has 1 saturated heterocycles. The average Bonchev–Trinajstić information content (AvgIpc) is 3.02. The normalized spacial score (nSPS) is 18.2. The molecule has 0 bridgehead atoms. The van der Waals surface area contributed by atoms with Crippen molar-refractivity contribution in [3.63, 3.8) is 0 Å². The number of amides is 2. The van der Waals surface area contributed by atoms with Crippen LogP contribution in [0, 0.1) is 6.92 Å². The van der Waals surface area contributed by atoms with Gasteiger partial charge in [0.05, 0.1) is 10.2 Å². The lowest BCUT2D eigenvalue weighted by molar-refractivity contribution is -0.132. The predicted octanol–water partition coefficient (Wildman–Crippen LogP) is 2.66. The van der Waals surface area contributed by atoms with Crippen molar-refractivity contribution in [2.24, 2.45) is 4.99 Å². The fourth-order valence-corrected chi connectivity index (χ4v) is 6.27. The number of thiazole rings is 1. The van der Waals surface area contributed by atoms with Crippen LogP contribution in [0.3, 0.4) is 0 Å². The third-order valence-electron chi connectivity index (χ3n) is 5.48. The molecule has 3 rings (SSSR count). The van der Waals surface area contributed by atoms with Gasteiger partial charge in [0.1, 0.15) is 11.5 Å². The first-order chi connectivity index (χ1) is 14.2. The van der Waals surface area contributed by atoms with Crippen LogP contribution in [-0.4, -0.2) is 53.8 Å². The summed E-state index contributed by atoms with van der Waals surface area (Å²) in [4.78, 5) is 31.2. The number of benzene rings is 1. The lowest BCUT2D eigenvalue weighted by Gasteiger charge is -2.35. The number of fused-ring (bicyclic) bond motifs is 1. The van der Waals surface area contributed by atoms with Gasteiger partial charge in [-0.15, -0.1) is 0 Å². The molecule has 1 aromatic heterocycles. The Morgan fingerprint density at radius 3 is 2.67 bits per heavy atom. The lowest BCUT2D eigenvalue weighted by atomic mass is 10.0. The molecule has 1 unspecified atom stereocenters. The zero-order chi connectivity index (χ0) is 21.9. The summed E-state index contributed by atoms with van der Waals surface area (Å²) >= 11 is 1.36. The van der Waals surface area contributed by atoms with Crippen LogP contribution in [0.2, 0.25) is 0 Å². The van der Waals surface area contributed by atoms with Crippen LogP contribution >= 0.6 is 11.3 Å². The molecule has 2 amide bonds. The fourth-order valence-electron chi connectivity index (χ4n) is 3.97. The molecule has 30 heavy (non-hydrogen) atoms. The summed E-state index contributed by atoms with van der Waals surface area (Å²) in [5.74, 6) is -2.53. The SMILES string of the molecule is CCC1CCCCN1C(=O)CS(=O)(=O)CC(=O)N=c1sc2cc(C)ccc2n1CC. The number of piperidine rings is 1. The molecular formula is C21H29N3O4S2. The van der Waals surface area contributed by atoms with E-state index in [1.165, 1.54) is 11.3 Å². The van der Waals surface area contributed by atoms with Gasteiger partial charge in [-0.3, -0.25) is 9.59 Å². The van der Waals surface area contributed by atoms with E-state index in [0.29, 0.717) is 17.9 Å². The molecule has 0 saturated carbocycles. The molecule has 1 aliphatic rings. The van der Waals surface area contributed by atoms with E-state index in [-0.39, 0.29) is 6.04 Å². The van der Waals surface area contributed by atoms with Gasteiger partial charge in [-0.05, 0) is 57.2 Å². The quantitative estimate of drug-likeness (QED) is 0.675. The van der Waals surface area contributed by atoms with Crippen molar-refractivity contribution in [2.75, 3.05) is 18.1 Å². The molecule has 2 aromatic rings. The van der Waals surface area contributed by atoms with Crippen molar-refractivity contribution >= 4 is 43.2 Å². The number of nitrogens with zero attached hydrogens (tertiary/aromatic N) is 3. The molecule has 1 aromatic carbocycles. The second-order valence-electron chi connectivity index (χ2n) is 7.78. The maximum absolute atomic E-state index is 12.6. The average molecular weight is 452 g/mol. The minimum Gasteiger partial charge on any atom is -0.339 e. The van der Waals surface area contributed by atoms with Crippen LogP contribution in [0.1, 0.15) is 45.1 Å². The van der Waals surface area contributed by atoms with Crippen molar-refractivity contribution in [1.82, 2.24) is 9.47 Å². The maximum atomic E-state index is 12.6. The summed E-state index contributed by atoms with van der Waals surface area (Å²) in [7, 11) is -3.88. The Morgan fingerprint density at radius 2 is 1.97 bits per heavy atom. The van der Waals surface area contributed by atoms with Crippen molar-refractivity contribution in [1.29, 1.82) is 0 Å². The highest BCUT2D eigenvalue weighted by Crippen LogP contribution is 2.20. The Morgan fingerprint density at radius 1 is 1.20 bits per heavy atom. The van der Waals surface area contributed by atoms with Crippen molar-refractivity contribution in [2.45, 2.75) is 59.0 Å². The number of hydrogen-bond donors (Lipinski definition) is 0. The zero-order valence-electron chi connectivity index (χ0n) is 17.8. The minimum absolute atomic E-state index is 0.0901. The van der Waals surface area contributed by atoms with Crippen molar-refractivity contribution in [3.8, 4) is 0 Å². The summed E-state index contributed by atoms with van der Waals surface area (Å²) in [6.45, 7) is 7.15. The fraction of sp³-hybridized carbons (Fsp3) is 0.571. The molecule has 1 fully saturated rings. The summed E-state index contributed by atoms with van der Waals surface area (Å²) in [6.07, 6.45) is 3.65. The number of sulfone groups is 1. The van der Waals surface area contributed by atoms with Gasteiger partial charge in [0.15, 0.2) is 14.6 Å². The molecule has 9 heteroatoms. The van der Waals surface area contributed by atoms with E-state index in [2.05, 4.69) is 4.99 Å². The van der Waals surface area contributed by atoms with Crippen LogP contribution < -0.4 is 4.80 Å². The van der Waals surface area contributed by atoms with Crippen LogP contribution in [0.15, 0.2) is 23.2 Å². The largest absolute Gasteiger partial charge is 0.339 e. The molecule has 0 spiro atoms. The third-order valence-corrected chi connectivity index (χ3v) is 7.90. The zero-order valence-corrected chi connectivity index (χ0v) is 19.4. The van der Waals surface area contributed by atoms with Crippen molar-refractivity contribution < 1.29 is 18.0 Å². The summed E-state index contributed by atoms with van der Waals surface area (Å²) in [6, 6.07) is 6.08. The van der Waals surface area contributed by atoms with Gasteiger partial charge in [0, 0.05) is 19.1 Å². The first-order valence-electron chi connectivity index (χ1n) is 10.4. The minimum atomic E-state index is -3.88. The van der Waals surface area contributed by atoms with E-state index in [9.17, 15) is 18.0 Å². The predicted molar refractivity (Wildman–Crippen MR) is 119 cm³/mol. The first-order valence-corrected chi connectivity index (χ1v) is 13.0. The smallest absolute Gasteiger partial charge is 0.263 e. The summed E-state index contributed by atoms with van der Waals surface area (Å²) in [5.41, 5.74) is 2.07. The number of aryl methyl sites for hydroxylation is 2. The number of aromatic nitrogens is 1. The molecule has 164 valence electrons. The second kappa shape index (κ2) is 9.43. The van der Waals surface area contributed by atoms with Gasteiger partial charge in [0.2, 0.25) is 5.91 Å². The van der Waals surface area contributed by atoms with E-state index in [0.717, 1.165) is 41.5 Å². The van der Waals surface area contributed by atoms with Gasteiger partial charge in [-0.25, -0.2) is 8.42 Å². The first kappa shape index (κ1) is 22.7. The van der Waals surface area contributed by atoms with E-state index in [1.54, 1.807) is 4.90 Å². The van der Waals surface area contributed by atoms with E-state index >= 15 is 0 Å². The Balaban J connectivity index is 1.76. The standard InChI is InChI=1S/C21H29N3O4S2/c1-4-16-8-6-7-11-24(16)20(26)14-30(27,28)13-19(25)22-21-23(5-2)17-10-9-15(3)12-18(17)29-21/h9-10,12,16H,4-8,11,13-14H2,1-3H3. The van der Waals surface area contributed by atoms with Crippen LogP contribution in [0.4, 0.5) is 0 Å². The number of rotatable bonds is 6. The monoisotopic (exact) mass is 451 g/mol. The van der Waals surface area contributed by atoms with E-state index < -0.39 is 33.2 Å². The van der Waals surface area contributed by atoms with E-state index in [4.69, 9.17) is 0 Å². The molecule has 0 aliphatic carbocycles. The Kier molecular flexibility index (Phi) is 7.13. The van der Waals surface area contributed by atoms with Gasteiger partial charge >= 0.3 is 0 Å². The Bertz CT molecular complexity index is 1110. The van der Waals surface area contributed by atoms with Gasteiger partial charge in [-0.1, -0.05) is 24.3 Å².